The normalized spacial score (nSPS) is 10.0. The second kappa shape index (κ2) is 6.65. The van der Waals surface area contributed by atoms with Crippen molar-refractivity contribution < 1.29 is 18.7 Å². The first-order chi connectivity index (χ1) is 10.1. The van der Waals surface area contributed by atoms with Gasteiger partial charge in [0, 0.05) is 11.1 Å². The summed E-state index contributed by atoms with van der Waals surface area (Å²) in [5.74, 6) is -0.513. The minimum absolute atomic E-state index is 0.189. The summed E-state index contributed by atoms with van der Waals surface area (Å²) in [5.41, 5.74) is 0.970. The standard InChI is InChI=1S/C16H14FNO3/c1-2-21-15-7-6-11(10-19)8-14(15)18-16(20)12-4-3-5-13(17)9-12/h3-10H,2H2,1H3,(H,18,20). The van der Waals surface area contributed by atoms with Gasteiger partial charge in [-0.1, -0.05) is 6.07 Å². The second-order valence-corrected chi connectivity index (χ2v) is 4.27. The average molecular weight is 287 g/mol. The Morgan fingerprint density at radius 1 is 1.29 bits per heavy atom. The zero-order valence-electron chi connectivity index (χ0n) is 11.4. The van der Waals surface area contributed by atoms with E-state index in [1.165, 1.54) is 24.3 Å². The third-order valence-corrected chi connectivity index (χ3v) is 2.77. The lowest BCUT2D eigenvalue weighted by molar-refractivity contribution is 0.102. The first-order valence-electron chi connectivity index (χ1n) is 6.43. The smallest absolute Gasteiger partial charge is 0.255 e. The molecule has 0 aromatic heterocycles. The van der Waals surface area contributed by atoms with Gasteiger partial charge in [0.2, 0.25) is 0 Å². The largest absolute Gasteiger partial charge is 0.492 e. The minimum Gasteiger partial charge on any atom is -0.492 e. The van der Waals surface area contributed by atoms with Gasteiger partial charge in [-0.25, -0.2) is 4.39 Å². The number of anilines is 1. The molecule has 2 rings (SSSR count). The third-order valence-electron chi connectivity index (χ3n) is 2.77. The van der Waals surface area contributed by atoms with Crippen molar-refractivity contribution in [3.8, 4) is 5.75 Å². The number of carbonyl (C=O) groups is 2. The molecular formula is C16H14FNO3. The van der Waals surface area contributed by atoms with Gasteiger partial charge in [-0.05, 0) is 43.3 Å². The third kappa shape index (κ3) is 3.66. The van der Waals surface area contributed by atoms with E-state index < -0.39 is 11.7 Å². The summed E-state index contributed by atoms with van der Waals surface area (Å²) in [5, 5.41) is 2.62. The monoisotopic (exact) mass is 287 g/mol. The van der Waals surface area contributed by atoms with Crippen molar-refractivity contribution >= 4 is 17.9 Å². The number of carbonyl (C=O) groups excluding carboxylic acids is 2. The fourth-order valence-corrected chi connectivity index (χ4v) is 1.82. The van der Waals surface area contributed by atoms with E-state index in [2.05, 4.69) is 5.32 Å². The molecule has 0 bridgehead atoms. The molecule has 0 saturated heterocycles. The lowest BCUT2D eigenvalue weighted by Crippen LogP contribution is -2.13. The molecule has 0 aliphatic carbocycles. The molecule has 0 saturated carbocycles. The van der Waals surface area contributed by atoms with Gasteiger partial charge >= 0.3 is 0 Å². The summed E-state index contributed by atoms with van der Waals surface area (Å²) in [6, 6.07) is 10.1. The van der Waals surface area contributed by atoms with Gasteiger partial charge in [-0.3, -0.25) is 9.59 Å². The van der Waals surface area contributed by atoms with Gasteiger partial charge < -0.3 is 10.1 Å². The summed E-state index contributed by atoms with van der Waals surface area (Å²) in [4.78, 5) is 22.9. The summed E-state index contributed by atoms with van der Waals surface area (Å²) >= 11 is 0. The molecule has 0 aliphatic rings. The van der Waals surface area contributed by atoms with Crippen LogP contribution in [0.1, 0.15) is 27.6 Å². The van der Waals surface area contributed by atoms with E-state index in [9.17, 15) is 14.0 Å². The molecule has 4 nitrogen and oxygen atoms in total. The Morgan fingerprint density at radius 2 is 2.10 bits per heavy atom. The Balaban J connectivity index is 2.28. The maximum absolute atomic E-state index is 13.1. The van der Waals surface area contributed by atoms with Crippen molar-refractivity contribution in [1.29, 1.82) is 0 Å². The van der Waals surface area contributed by atoms with Crippen molar-refractivity contribution in [1.82, 2.24) is 0 Å². The summed E-state index contributed by atoms with van der Waals surface area (Å²) in [7, 11) is 0. The molecule has 5 heteroatoms. The molecule has 21 heavy (non-hydrogen) atoms. The molecule has 2 aromatic rings. The Kier molecular flexibility index (Phi) is 4.66. The number of benzene rings is 2. The van der Waals surface area contributed by atoms with E-state index in [1.807, 2.05) is 6.92 Å². The van der Waals surface area contributed by atoms with E-state index in [4.69, 9.17) is 4.74 Å². The fraction of sp³-hybridized carbons (Fsp3) is 0.125. The Hall–Kier alpha value is -2.69. The van der Waals surface area contributed by atoms with Crippen LogP contribution in [0, 0.1) is 5.82 Å². The predicted octanol–water partition coefficient (Wildman–Crippen LogP) is 3.29. The van der Waals surface area contributed by atoms with Crippen LogP contribution >= 0.6 is 0 Å². The Labute approximate surface area is 121 Å². The molecule has 0 heterocycles. The Bertz CT molecular complexity index is 670. The van der Waals surface area contributed by atoms with Gasteiger partial charge in [-0.2, -0.15) is 0 Å². The molecule has 2 aromatic carbocycles. The van der Waals surface area contributed by atoms with E-state index >= 15 is 0 Å². The summed E-state index contributed by atoms with van der Waals surface area (Å²) in [6.45, 7) is 2.23. The topological polar surface area (TPSA) is 55.4 Å². The van der Waals surface area contributed by atoms with Crippen LogP contribution in [-0.4, -0.2) is 18.8 Å². The first-order valence-corrected chi connectivity index (χ1v) is 6.43. The number of nitrogens with one attached hydrogen (secondary N) is 1. The average Bonchev–Trinajstić information content (AvgIpc) is 2.49. The van der Waals surface area contributed by atoms with Crippen LogP contribution in [0.5, 0.6) is 5.75 Å². The zero-order chi connectivity index (χ0) is 15.2. The molecule has 0 spiro atoms. The highest BCUT2D eigenvalue weighted by molar-refractivity contribution is 6.05. The van der Waals surface area contributed by atoms with Crippen LogP contribution in [-0.2, 0) is 0 Å². The minimum atomic E-state index is -0.491. The van der Waals surface area contributed by atoms with E-state index in [1.54, 1.807) is 12.1 Å². The molecule has 1 amide bonds. The van der Waals surface area contributed by atoms with Gasteiger partial charge in [0.15, 0.2) is 0 Å². The Morgan fingerprint density at radius 3 is 2.76 bits per heavy atom. The highest BCUT2D eigenvalue weighted by atomic mass is 19.1. The van der Waals surface area contributed by atoms with Crippen molar-refractivity contribution in [2.45, 2.75) is 6.92 Å². The second-order valence-electron chi connectivity index (χ2n) is 4.27. The van der Waals surface area contributed by atoms with E-state index in [0.717, 1.165) is 6.07 Å². The lowest BCUT2D eigenvalue weighted by Gasteiger charge is -2.12. The van der Waals surface area contributed by atoms with Crippen LogP contribution in [0.15, 0.2) is 42.5 Å². The molecule has 108 valence electrons. The van der Waals surface area contributed by atoms with Crippen LogP contribution < -0.4 is 10.1 Å². The van der Waals surface area contributed by atoms with Crippen molar-refractivity contribution in [2.24, 2.45) is 0 Å². The molecule has 0 unspecified atom stereocenters. The summed E-state index contributed by atoms with van der Waals surface area (Å²) < 4.78 is 18.5. The maximum Gasteiger partial charge on any atom is 0.255 e. The summed E-state index contributed by atoms with van der Waals surface area (Å²) in [6.07, 6.45) is 0.674. The van der Waals surface area contributed by atoms with Crippen LogP contribution in [0.4, 0.5) is 10.1 Å². The molecule has 0 atom stereocenters. The predicted molar refractivity (Wildman–Crippen MR) is 77.4 cm³/mol. The van der Waals surface area contributed by atoms with Crippen molar-refractivity contribution in [2.75, 3.05) is 11.9 Å². The van der Waals surface area contributed by atoms with Gasteiger partial charge in [-0.15, -0.1) is 0 Å². The maximum atomic E-state index is 13.1. The molecular weight excluding hydrogens is 273 g/mol. The van der Waals surface area contributed by atoms with Gasteiger partial charge in [0.05, 0.1) is 12.3 Å². The van der Waals surface area contributed by atoms with Crippen LogP contribution in [0.3, 0.4) is 0 Å². The number of aldehydes is 1. The van der Waals surface area contributed by atoms with Crippen molar-refractivity contribution in [3.63, 3.8) is 0 Å². The highest BCUT2D eigenvalue weighted by Crippen LogP contribution is 2.26. The van der Waals surface area contributed by atoms with E-state index in [0.29, 0.717) is 29.9 Å². The van der Waals surface area contributed by atoms with Crippen LogP contribution in [0.25, 0.3) is 0 Å². The number of halogens is 1. The number of ether oxygens (including phenoxy) is 1. The molecule has 0 fully saturated rings. The number of rotatable bonds is 5. The van der Waals surface area contributed by atoms with Gasteiger partial charge in [0.25, 0.3) is 5.91 Å². The molecule has 1 N–H and O–H groups in total. The highest BCUT2D eigenvalue weighted by Gasteiger charge is 2.11. The number of hydrogen-bond acceptors (Lipinski definition) is 3. The first kappa shape index (κ1) is 14.7. The van der Waals surface area contributed by atoms with Crippen molar-refractivity contribution in [3.05, 3.63) is 59.4 Å². The van der Waals surface area contributed by atoms with E-state index in [-0.39, 0.29) is 5.56 Å². The van der Waals surface area contributed by atoms with Crippen LogP contribution in [0.2, 0.25) is 0 Å². The quantitative estimate of drug-likeness (QED) is 0.858. The lowest BCUT2D eigenvalue weighted by atomic mass is 10.1. The number of hydrogen-bond donors (Lipinski definition) is 1. The van der Waals surface area contributed by atoms with Gasteiger partial charge in [0.1, 0.15) is 17.9 Å². The fourth-order valence-electron chi connectivity index (χ4n) is 1.82. The molecule has 0 aliphatic heterocycles. The zero-order valence-corrected chi connectivity index (χ0v) is 11.4. The number of amides is 1. The SMILES string of the molecule is CCOc1ccc(C=O)cc1NC(=O)c1cccc(F)c1. The molecule has 0 radical (unpaired) electrons.